The quantitative estimate of drug-likeness (QED) is 0.757. The number of nitrogens with one attached hydrogen (secondary N) is 2. The monoisotopic (exact) mass is 364 g/mol. The minimum atomic E-state index is -0.727. The average molecular weight is 364 g/mol. The molecule has 0 radical (unpaired) electrons. The number of hydrogen-bond donors (Lipinski definition) is 2. The van der Waals surface area contributed by atoms with Gasteiger partial charge in [-0.25, -0.2) is 4.39 Å². The third kappa shape index (κ3) is 5.82. The molecule has 142 valence electrons. The van der Waals surface area contributed by atoms with Crippen LogP contribution in [0.1, 0.15) is 43.5 Å². The van der Waals surface area contributed by atoms with Gasteiger partial charge in [-0.15, -0.1) is 0 Å². The number of benzene rings is 1. The SMILES string of the molecule is C[C@@H]1[C@H](C)CCC[C@H]1NC(=O)COC(=O)CNC(=O)c1cccc(F)c1. The Balaban J connectivity index is 1.69. The molecule has 0 spiro atoms. The number of ether oxygens (including phenoxy) is 1. The van der Waals surface area contributed by atoms with Gasteiger partial charge in [-0.3, -0.25) is 14.4 Å². The smallest absolute Gasteiger partial charge is 0.325 e. The van der Waals surface area contributed by atoms with Crippen LogP contribution in [0.5, 0.6) is 0 Å². The lowest BCUT2D eigenvalue weighted by atomic mass is 9.78. The van der Waals surface area contributed by atoms with Crippen molar-refractivity contribution in [1.82, 2.24) is 10.6 Å². The molecule has 2 amide bonds. The van der Waals surface area contributed by atoms with Crippen LogP contribution in [0.15, 0.2) is 24.3 Å². The van der Waals surface area contributed by atoms with E-state index in [9.17, 15) is 18.8 Å². The maximum absolute atomic E-state index is 13.1. The molecule has 1 fully saturated rings. The van der Waals surface area contributed by atoms with Gasteiger partial charge in [0.2, 0.25) is 0 Å². The van der Waals surface area contributed by atoms with Crippen LogP contribution in [-0.4, -0.2) is 37.0 Å². The second kappa shape index (κ2) is 9.31. The molecule has 2 rings (SSSR count). The number of esters is 1. The van der Waals surface area contributed by atoms with Crippen LogP contribution in [0.4, 0.5) is 4.39 Å². The van der Waals surface area contributed by atoms with E-state index in [0.717, 1.165) is 25.3 Å². The topological polar surface area (TPSA) is 84.5 Å². The lowest BCUT2D eigenvalue weighted by molar-refractivity contribution is -0.147. The summed E-state index contributed by atoms with van der Waals surface area (Å²) in [4.78, 5) is 35.4. The maximum Gasteiger partial charge on any atom is 0.325 e. The lowest BCUT2D eigenvalue weighted by Gasteiger charge is -2.34. The third-order valence-electron chi connectivity index (χ3n) is 4.90. The van der Waals surface area contributed by atoms with Crippen LogP contribution in [0.25, 0.3) is 0 Å². The summed E-state index contributed by atoms with van der Waals surface area (Å²) in [6, 6.07) is 5.22. The van der Waals surface area contributed by atoms with E-state index in [1.165, 1.54) is 18.2 Å². The second-order valence-corrected chi connectivity index (χ2v) is 6.80. The van der Waals surface area contributed by atoms with Crippen LogP contribution in [0.2, 0.25) is 0 Å². The van der Waals surface area contributed by atoms with Crippen LogP contribution in [0, 0.1) is 17.7 Å². The fraction of sp³-hybridized carbons (Fsp3) is 0.526. The first-order chi connectivity index (χ1) is 12.4. The predicted molar refractivity (Wildman–Crippen MR) is 93.8 cm³/mol. The molecule has 1 aromatic carbocycles. The Bertz CT molecular complexity index is 665. The molecule has 0 bridgehead atoms. The molecular formula is C19H25FN2O4. The van der Waals surface area contributed by atoms with Gasteiger partial charge >= 0.3 is 5.97 Å². The van der Waals surface area contributed by atoms with E-state index in [0.29, 0.717) is 11.8 Å². The van der Waals surface area contributed by atoms with Gasteiger partial charge in [0.1, 0.15) is 12.4 Å². The van der Waals surface area contributed by atoms with Crippen molar-refractivity contribution < 1.29 is 23.5 Å². The zero-order valence-electron chi connectivity index (χ0n) is 15.1. The fourth-order valence-electron chi connectivity index (χ4n) is 3.12. The summed E-state index contributed by atoms with van der Waals surface area (Å²) in [5.41, 5.74) is 0.107. The average Bonchev–Trinajstić information content (AvgIpc) is 2.61. The van der Waals surface area contributed by atoms with Crippen molar-refractivity contribution in [2.45, 2.75) is 39.2 Å². The van der Waals surface area contributed by atoms with Gasteiger partial charge < -0.3 is 15.4 Å². The Hall–Kier alpha value is -2.44. The highest BCUT2D eigenvalue weighted by Crippen LogP contribution is 2.29. The van der Waals surface area contributed by atoms with Gasteiger partial charge in [0.25, 0.3) is 11.8 Å². The van der Waals surface area contributed by atoms with E-state index in [-0.39, 0.29) is 30.7 Å². The third-order valence-corrected chi connectivity index (χ3v) is 4.90. The second-order valence-electron chi connectivity index (χ2n) is 6.80. The molecule has 1 aliphatic carbocycles. The first-order valence-corrected chi connectivity index (χ1v) is 8.85. The predicted octanol–water partition coefficient (Wildman–Crippen LogP) is 2.04. The maximum atomic E-state index is 13.1. The standard InChI is InChI=1S/C19H25FN2O4/c1-12-5-3-8-16(13(12)2)22-17(23)11-26-18(24)10-21-19(25)14-6-4-7-15(20)9-14/h4,6-7,9,12-13,16H,3,5,8,10-11H2,1-2H3,(H,21,25)(H,22,23)/t12-,13-,16-/m1/s1. The van der Waals surface area contributed by atoms with E-state index in [1.807, 2.05) is 0 Å². The highest BCUT2D eigenvalue weighted by atomic mass is 19.1. The first kappa shape index (κ1) is 19.9. The minimum absolute atomic E-state index is 0.0950. The number of carbonyl (C=O) groups is 3. The van der Waals surface area contributed by atoms with Gasteiger partial charge in [-0.2, -0.15) is 0 Å². The zero-order valence-corrected chi connectivity index (χ0v) is 15.1. The van der Waals surface area contributed by atoms with Crippen LogP contribution in [0.3, 0.4) is 0 Å². The van der Waals surface area contributed by atoms with Gasteiger partial charge in [0.05, 0.1) is 0 Å². The van der Waals surface area contributed by atoms with Gasteiger partial charge in [0, 0.05) is 11.6 Å². The van der Waals surface area contributed by atoms with Gasteiger partial charge in [-0.1, -0.05) is 32.8 Å². The summed E-state index contributed by atoms with van der Waals surface area (Å²) in [5.74, 6) is -1.27. The van der Waals surface area contributed by atoms with Crippen LogP contribution < -0.4 is 10.6 Å². The van der Waals surface area contributed by atoms with Crippen molar-refractivity contribution in [3.05, 3.63) is 35.6 Å². The molecule has 0 saturated heterocycles. The number of carbonyl (C=O) groups excluding carboxylic acids is 3. The van der Waals surface area contributed by atoms with Crippen LogP contribution >= 0.6 is 0 Å². The molecular weight excluding hydrogens is 339 g/mol. The van der Waals surface area contributed by atoms with Crippen molar-refractivity contribution >= 4 is 17.8 Å². The largest absolute Gasteiger partial charge is 0.454 e. The Morgan fingerprint density at radius 2 is 2.00 bits per heavy atom. The van der Waals surface area contributed by atoms with Crippen molar-refractivity contribution in [3.8, 4) is 0 Å². The van der Waals surface area contributed by atoms with Crippen molar-refractivity contribution in [2.75, 3.05) is 13.2 Å². The summed E-state index contributed by atoms with van der Waals surface area (Å²) in [7, 11) is 0. The molecule has 26 heavy (non-hydrogen) atoms. The van der Waals surface area contributed by atoms with Crippen molar-refractivity contribution in [1.29, 1.82) is 0 Å². The molecule has 3 atom stereocenters. The molecule has 0 heterocycles. The highest BCUT2D eigenvalue weighted by molar-refractivity contribution is 5.96. The van der Waals surface area contributed by atoms with Gasteiger partial charge in [-0.05, 0) is 36.5 Å². The fourth-order valence-corrected chi connectivity index (χ4v) is 3.12. The summed E-state index contributed by atoms with van der Waals surface area (Å²) in [6.07, 6.45) is 3.16. The molecule has 1 aliphatic rings. The van der Waals surface area contributed by atoms with E-state index in [1.54, 1.807) is 0 Å². The minimum Gasteiger partial charge on any atom is -0.454 e. The molecule has 0 aromatic heterocycles. The Kier molecular flexibility index (Phi) is 7.12. The molecule has 0 unspecified atom stereocenters. The lowest BCUT2D eigenvalue weighted by Crippen LogP contribution is -2.45. The number of amides is 2. The Labute approximate surface area is 152 Å². The van der Waals surface area contributed by atoms with E-state index < -0.39 is 17.7 Å². The summed E-state index contributed by atoms with van der Waals surface area (Å²) in [6.45, 7) is 3.51. The zero-order chi connectivity index (χ0) is 19.1. The molecule has 6 nitrogen and oxygen atoms in total. The van der Waals surface area contributed by atoms with E-state index >= 15 is 0 Å². The number of hydrogen-bond acceptors (Lipinski definition) is 4. The van der Waals surface area contributed by atoms with Crippen LogP contribution in [-0.2, 0) is 14.3 Å². The molecule has 1 saturated carbocycles. The summed E-state index contributed by atoms with van der Waals surface area (Å²) >= 11 is 0. The number of halogens is 1. The number of rotatable bonds is 6. The van der Waals surface area contributed by atoms with Crippen molar-refractivity contribution in [2.24, 2.45) is 11.8 Å². The van der Waals surface area contributed by atoms with Crippen molar-refractivity contribution in [3.63, 3.8) is 0 Å². The molecule has 0 aliphatic heterocycles. The molecule has 1 aromatic rings. The Morgan fingerprint density at radius 1 is 1.23 bits per heavy atom. The first-order valence-electron chi connectivity index (χ1n) is 8.85. The summed E-state index contributed by atoms with van der Waals surface area (Å²) in [5, 5.41) is 5.24. The molecule has 2 N–H and O–H groups in total. The summed E-state index contributed by atoms with van der Waals surface area (Å²) < 4.78 is 17.9. The normalized spacial score (nSPS) is 22.3. The van der Waals surface area contributed by atoms with Gasteiger partial charge in [0.15, 0.2) is 6.61 Å². The van der Waals surface area contributed by atoms with E-state index in [2.05, 4.69) is 24.5 Å². The molecule has 7 heteroatoms. The highest BCUT2D eigenvalue weighted by Gasteiger charge is 2.28. The Morgan fingerprint density at radius 3 is 2.73 bits per heavy atom. The van der Waals surface area contributed by atoms with E-state index in [4.69, 9.17) is 4.74 Å².